The zero-order valence-electron chi connectivity index (χ0n) is 32.3. The molecule has 0 aliphatic carbocycles. The Bertz CT molecular complexity index is 835. The molecule has 0 aliphatic rings. The molecule has 0 saturated carbocycles. The number of carbonyl (C=O) groups excluding carboxylic acids is 3. The molecule has 0 spiro atoms. The van der Waals surface area contributed by atoms with E-state index in [1.54, 1.807) is 7.11 Å². The summed E-state index contributed by atoms with van der Waals surface area (Å²) in [7, 11) is 1.64. The molecule has 0 aliphatic heterocycles. The van der Waals surface area contributed by atoms with Gasteiger partial charge in [0, 0.05) is 26.6 Å². The van der Waals surface area contributed by atoms with Crippen LogP contribution in [0.4, 0.5) is 0 Å². The van der Waals surface area contributed by atoms with Crippen LogP contribution in [0, 0.1) is 0 Å². The molecule has 1 unspecified atom stereocenters. The average molecular weight is 756 g/mol. The van der Waals surface area contributed by atoms with Crippen molar-refractivity contribution >= 4 is 17.8 Å². The van der Waals surface area contributed by atoms with Crippen molar-refractivity contribution in [1.29, 1.82) is 0 Å². The van der Waals surface area contributed by atoms with Gasteiger partial charge in [0.05, 0.1) is 125 Å². The molecular formula is C35H69N3O14. The number of ether oxygens (including phenoxy) is 11. The summed E-state index contributed by atoms with van der Waals surface area (Å²) in [5, 5.41) is 5.52. The summed E-state index contributed by atoms with van der Waals surface area (Å²) in [5.41, 5.74) is 5.41. The first-order chi connectivity index (χ1) is 25.2. The lowest BCUT2D eigenvalue weighted by molar-refractivity contribution is -0.155. The van der Waals surface area contributed by atoms with Crippen LogP contribution in [0.2, 0.25) is 0 Å². The van der Waals surface area contributed by atoms with Gasteiger partial charge in [0.2, 0.25) is 11.8 Å². The van der Waals surface area contributed by atoms with E-state index in [2.05, 4.69) is 10.6 Å². The molecule has 17 nitrogen and oxygen atoms in total. The highest BCUT2D eigenvalue weighted by molar-refractivity contribution is 5.81. The molecule has 0 aromatic rings. The molecule has 0 fully saturated rings. The van der Waals surface area contributed by atoms with Crippen molar-refractivity contribution in [2.45, 2.75) is 64.5 Å². The maximum Gasteiger partial charge on any atom is 0.306 e. The Labute approximate surface area is 310 Å². The maximum atomic E-state index is 12.1. The first kappa shape index (κ1) is 50.0. The largest absolute Gasteiger partial charge is 0.460 e. The fourth-order valence-corrected chi connectivity index (χ4v) is 3.93. The highest BCUT2D eigenvalue weighted by Crippen LogP contribution is 2.09. The summed E-state index contributed by atoms with van der Waals surface area (Å²) in [4.78, 5) is 35.7. The van der Waals surface area contributed by atoms with Crippen LogP contribution in [0.3, 0.4) is 0 Å². The standard InChI is InChI=1S/C35H69N3O14/c1-35(2,3)52-33(40)9-7-11-38-34(41)31(36)8-5-6-10-37-32(39)30-51-29-28-50-27-26-49-25-24-48-23-22-47-21-20-46-19-18-45-17-16-44-15-14-43-13-12-42-4/h31H,5-30,36H2,1-4H3,(H,37,39)(H,38,41). The number of esters is 1. The van der Waals surface area contributed by atoms with E-state index in [1.807, 2.05) is 20.8 Å². The summed E-state index contributed by atoms with van der Waals surface area (Å²) < 4.78 is 58.8. The van der Waals surface area contributed by atoms with Crippen molar-refractivity contribution in [3.8, 4) is 0 Å². The van der Waals surface area contributed by atoms with Crippen LogP contribution >= 0.6 is 0 Å². The second kappa shape index (κ2) is 37.3. The molecule has 0 aromatic carbocycles. The molecule has 4 N–H and O–H groups in total. The first-order valence-corrected chi connectivity index (χ1v) is 18.4. The van der Waals surface area contributed by atoms with E-state index in [0.717, 1.165) is 0 Å². The van der Waals surface area contributed by atoms with E-state index < -0.39 is 11.6 Å². The van der Waals surface area contributed by atoms with E-state index in [4.69, 9.17) is 57.8 Å². The molecule has 2 amide bonds. The molecule has 17 heteroatoms. The van der Waals surface area contributed by atoms with Crippen molar-refractivity contribution in [3.05, 3.63) is 0 Å². The van der Waals surface area contributed by atoms with Crippen molar-refractivity contribution in [2.75, 3.05) is 146 Å². The number of nitrogens with one attached hydrogen (secondary N) is 2. The Morgan fingerprint density at radius 1 is 0.538 bits per heavy atom. The fraction of sp³-hybridized carbons (Fsp3) is 0.914. The number of unbranched alkanes of at least 4 members (excludes halogenated alkanes) is 1. The second-order valence-corrected chi connectivity index (χ2v) is 12.4. The maximum absolute atomic E-state index is 12.1. The Morgan fingerprint density at radius 3 is 1.33 bits per heavy atom. The quantitative estimate of drug-likeness (QED) is 0.0582. The van der Waals surface area contributed by atoms with Crippen LogP contribution in [0.15, 0.2) is 0 Å². The van der Waals surface area contributed by atoms with Crippen molar-refractivity contribution in [3.63, 3.8) is 0 Å². The number of hydrogen-bond donors (Lipinski definition) is 3. The summed E-state index contributed by atoms with van der Waals surface area (Å²) in [6, 6.07) is -0.639. The van der Waals surface area contributed by atoms with E-state index in [9.17, 15) is 14.4 Å². The zero-order chi connectivity index (χ0) is 38.4. The summed E-state index contributed by atoms with van der Waals surface area (Å²) in [6.07, 6.45) is 2.58. The van der Waals surface area contributed by atoms with Crippen LogP contribution in [-0.2, 0) is 66.5 Å². The van der Waals surface area contributed by atoms with Gasteiger partial charge < -0.3 is 68.5 Å². The van der Waals surface area contributed by atoms with Gasteiger partial charge in [-0.05, 0) is 46.5 Å². The Morgan fingerprint density at radius 2 is 0.923 bits per heavy atom. The average Bonchev–Trinajstić information content (AvgIpc) is 3.10. The Balaban J connectivity index is 3.32. The second-order valence-electron chi connectivity index (χ2n) is 12.4. The normalized spacial score (nSPS) is 12.2. The van der Waals surface area contributed by atoms with Gasteiger partial charge in [0.1, 0.15) is 12.2 Å². The van der Waals surface area contributed by atoms with Crippen LogP contribution in [0.25, 0.3) is 0 Å². The first-order valence-electron chi connectivity index (χ1n) is 18.4. The third kappa shape index (κ3) is 39.2. The Kier molecular flexibility index (Phi) is 35.8. The summed E-state index contributed by atoms with van der Waals surface area (Å²) in [6.45, 7) is 14.8. The molecule has 0 aromatic heterocycles. The summed E-state index contributed by atoms with van der Waals surface area (Å²) >= 11 is 0. The molecule has 0 bridgehead atoms. The monoisotopic (exact) mass is 755 g/mol. The van der Waals surface area contributed by atoms with Gasteiger partial charge in [-0.2, -0.15) is 0 Å². The molecule has 1 atom stereocenters. The van der Waals surface area contributed by atoms with Gasteiger partial charge >= 0.3 is 5.97 Å². The van der Waals surface area contributed by atoms with Gasteiger partial charge in [0.15, 0.2) is 0 Å². The third-order valence-corrected chi connectivity index (χ3v) is 6.52. The zero-order valence-corrected chi connectivity index (χ0v) is 32.3. The van der Waals surface area contributed by atoms with Gasteiger partial charge in [-0.15, -0.1) is 0 Å². The van der Waals surface area contributed by atoms with Crippen molar-refractivity contribution in [1.82, 2.24) is 10.6 Å². The lowest BCUT2D eigenvalue weighted by Crippen LogP contribution is -2.41. The summed E-state index contributed by atoms with van der Waals surface area (Å²) in [5.74, 6) is -0.767. The number of hydrogen-bond acceptors (Lipinski definition) is 15. The predicted molar refractivity (Wildman–Crippen MR) is 192 cm³/mol. The number of rotatable bonds is 39. The topological polar surface area (TPSA) is 203 Å². The third-order valence-electron chi connectivity index (χ3n) is 6.52. The molecule has 0 rings (SSSR count). The van der Waals surface area contributed by atoms with E-state index in [-0.39, 0.29) is 30.8 Å². The fourth-order valence-electron chi connectivity index (χ4n) is 3.93. The van der Waals surface area contributed by atoms with Crippen LogP contribution in [0.1, 0.15) is 52.9 Å². The lowest BCUT2D eigenvalue weighted by Gasteiger charge is -2.19. The molecule has 308 valence electrons. The number of nitrogens with two attached hydrogens (primary N) is 1. The number of carbonyl (C=O) groups is 3. The van der Waals surface area contributed by atoms with Gasteiger partial charge in [0.25, 0.3) is 0 Å². The number of amides is 2. The van der Waals surface area contributed by atoms with Crippen LogP contribution in [-0.4, -0.2) is 175 Å². The minimum absolute atomic E-state index is 0.0572. The Hall–Kier alpha value is -2.03. The highest BCUT2D eigenvalue weighted by Gasteiger charge is 2.16. The van der Waals surface area contributed by atoms with Gasteiger partial charge in [-0.25, -0.2) is 0 Å². The van der Waals surface area contributed by atoms with E-state index in [1.165, 1.54) is 0 Å². The van der Waals surface area contributed by atoms with Crippen molar-refractivity contribution < 1.29 is 66.5 Å². The molecule has 0 radical (unpaired) electrons. The van der Waals surface area contributed by atoms with Crippen LogP contribution in [0.5, 0.6) is 0 Å². The molecule has 0 saturated heterocycles. The SMILES string of the molecule is COCCOCCOCCOCCOCCOCCOCCOCCOCCOCC(=O)NCCCCC(N)C(=O)NCCCC(=O)OC(C)(C)C. The van der Waals surface area contributed by atoms with E-state index in [0.29, 0.717) is 158 Å². The van der Waals surface area contributed by atoms with E-state index >= 15 is 0 Å². The smallest absolute Gasteiger partial charge is 0.306 e. The minimum Gasteiger partial charge on any atom is -0.460 e. The number of methoxy groups -OCH3 is 1. The van der Waals surface area contributed by atoms with Crippen molar-refractivity contribution in [2.24, 2.45) is 5.73 Å². The predicted octanol–water partition coefficient (Wildman–Crippen LogP) is 0.634. The van der Waals surface area contributed by atoms with Gasteiger partial charge in [-0.3, -0.25) is 14.4 Å². The molecule has 0 heterocycles. The molecule has 52 heavy (non-hydrogen) atoms. The molecular weight excluding hydrogens is 686 g/mol. The van der Waals surface area contributed by atoms with Gasteiger partial charge in [-0.1, -0.05) is 0 Å². The van der Waals surface area contributed by atoms with Crippen LogP contribution < -0.4 is 16.4 Å². The minimum atomic E-state index is -0.639. The lowest BCUT2D eigenvalue weighted by atomic mass is 10.1. The highest BCUT2D eigenvalue weighted by atomic mass is 16.6.